The van der Waals surface area contributed by atoms with Crippen molar-refractivity contribution in [2.75, 3.05) is 32.9 Å². The number of hydrogen-bond acceptors (Lipinski definition) is 9. The van der Waals surface area contributed by atoms with Crippen LogP contribution in [0.25, 0.3) is 0 Å². The molecule has 14 heteroatoms. The number of ether oxygens (including phenoxy) is 4. The zero-order chi connectivity index (χ0) is 37.7. The molecule has 3 saturated heterocycles. The number of morpholine rings is 1. The highest BCUT2D eigenvalue weighted by Gasteiger charge is 2.85. The molecule has 8 rings (SSSR count). The standard InChI is InChI=1S/C38H58F3N2O8S/c1-21-16-23(30(33(4,5)45)42-52(46,47)38(39,40)41)50-29-28(21)34(6)12-13-37-20-36(37)11-10-26(51-27-17-43(14-15-49-27)22-18-48-19-22)32(2,3)24(36)8-9-25(37)35(34,7)31(29)44/h21-22,24,26-28,30-31,42,44-45H,8-20H2,1-7H3/t21-,24+,26?,27+,28+,30+,31+,34-,35-,36-,37+/m1/s1. The fraction of sp³-hybridized carbons (Fsp3) is 0.921. The third-order valence-corrected chi connectivity index (χ3v) is 17.3. The Hall–Kier alpha value is -0.580. The molecule has 10 nitrogen and oxygen atoms in total. The summed E-state index contributed by atoms with van der Waals surface area (Å²) in [5.74, 6) is 1.52. The summed E-state index contributed by atoms with van der Waals surface area (Å²) >= 11 is 0. The zero-order valence-corrected chi connectivity index (χ0v) is 32.5. The quantitative estimate of drug-likeness (QED) is 0.325. The Morgan fingerprint density at radius 2 is 1.79 bits per heavy atom. The van der Waals surface area contributed by atoms with Crippen molar-refractivity contribution in [3.8, 4) is 0 Å². The van der Waals surface area contributed by atoms with Gasteiger partial charge in [0.2, 0.25) is 0 Å². The van der Waals surface area contributed by atoms with Gasteiger partial charge in [-0.3, -0.25) is 4.90 Å². The van der Waals surface area contributed by atoms with Crippen molar-refractivity contribution in [1.82, 2.24) is 9.62 Å². The predicted octanol–water partition coefficient (Wildman–Crippen LogP) is 5.11. The Kier molecular flexibility index (Phi) is 8.82. The molecule has 0 aromatic rings. The van der Waals surface area contributed by atoms with Gasteiger partial charge in [-0.15, -0.1) is 0 Å². The molecule has 1 unspecified atom stereocenters. The van der Waals surface area contributed by atoms with Gasteiger partial charge < -0.3 is 29.2 Å². The number of alkyl halides is 3. The molecular weight excluding hydrogens is 701 g/mol. The topological polar surface area (TPSA) is 127 Å². The number of nitrogens with zero attached hydrogens (tertiary/aromatic N) is 1. The summed E-state index contributed by atoms with van der Waals surface area (Å²) in [5.41, 5.74) is -8.43. The molecule has 0 bridgehead atoms. The molecule has 5 aliphatic carbocycles. The third kappa shape index (κ3) is 5.19. The number of nitrogens with one attached hydrogen (secondary N) is 1. The van der Waals surface area contributed by atoms with Crippen LogP contribution in [0.1, 0.15) is 99.8 Å². The summed E-state index contributed by atoms with van der Waals surface area (Å²) in [6.45, 7) is 17.6. The van der Waals surface area contributed by atoms with Gasteiger partial charge >= 0.3 is 15.5 Å². The first-order valence-electron chi connectivity index (χ1n) is 19.4. The second-order valence-corrected chi connectivity index (χ2v) is 21.0. The average Bonchev–Trinajstić information content (AvgIpc) is 3.64. The average molecular weight is 760 g/mol. The molecule has 3 aliphatic heterocycles. The molecule has 0 aromatic heterocycles. The molecule has 2 spiro atoms. The minimum Gasteiger partial charge on any atom is -0.389 e. The molecule has 11 atom stereocenters. The summed E-state index contributed by atoms with van der Waals surface area (Å²) in [6.07, 6.45) is 6.23. The molecule has 3 radical (unpaired) electrons. The van der Waals surface area contributed by atoms with Gasteiger partial charge in [0.1, 0.15) is 12.2 Å². The minimum atomic E-state index is -5.79. The molecule has 0 amide bonds. The van der Waals surface area contributed by atoms with Gasteiger partial charge in [-0.05, 0) is 105 Å². The number of aliphatic hydroxyl groups excluding tert-OH is 1. The van der Waals surface area contributed by atoms with Crippen molar-refractivity contribution in [3.63, 3.8) is 0 Å². The van der Waals surface area contributed by atoms with Gasteiger partial charge in [0.05, 0.1) is 56.3 Å². The highest BCUT2D eigenvalue weighted by Crippen LogP contribution is 2.90. The maximum Gasteiger partial charge on any atom is 0.511 e. The Bertz CT molecular complexity index is 1520. The molecule has 295 valence electrons. The van der Waals surface area contributed by atoms with Gasteiger partial charge in [-0.2, -0.15) is 17.9 Å². The van der Waals surface area contributed by atoms with Crippen LogP contribution in [-0.4, -0.2) is 98.1 Å². The van der Waals surface area contributed by atoms with Gasteiger partial charge in [-0.25, -0.2) is 8.42 Å². The maximum atomic E-state index is 13.5. The summed E-state index contributed by atoms with van der Waals surface area (Å²) in [7, 11) is -5.79. The summed E-state index contributed by atoms with van der Waals surface area (Å²) in [5, 5.41) is 23.4. The Morgan fingerprint density at radius 1 is 1.08 bits per heavy atom. The van der Waals surface area contributed by atoms with E-state index in [-0.39, 0.29) is 58.4 Å². The fourth-order valence-corrected chi connectivity index (χ4v) is 14.2. The highest BCUT2D eigenvalue weighted by atomic mass is 32.2. The number of fused-ring (bicyclic) bond motifs is 4. The SMILES string of the molecule is C[C@@H]1C[C]([C@H](NS(=O)(=O)C(F)(F)F)C(C)(C)O)O[C]2[C@H]1[C@@]1(C)CC[C@@]34C[C@@]35CCC(O[C@H]3CN(C6COC6)CCO3)C(C)(C)[C@@H]5CC[C]4[C@]1(C)[C@H]2O. The Balaban J connectivity index is 1.03. The molecule has 52 heavy (non-hydrogen) atoms. The van der Waals surface area contributed by atoms with Crippen LogP contribution in [0.2, 0.25) is 0 Å². The molecular formula is C38H58F3N2O8S. The molecule has 3 N–H and O–H groups in total. The molecule has 0 aromatic carbocycles. The van der Waals surface area contributed by atoms with E-state index in [1.54, 1.807) is 4.72 Å². The van der Waals surface area contributed by atoms with Crippen molar-refractivity contribution in [3.05, 3.63) is 18.1 Å². The van der Waals surface area contributed by atoms with Gasteiger partial charge in [0, 0.05) is 17.9 Å². The summed E-state index contributed by atoms with van der Waals surface area (Å²) in [6, 6.07) is -1.22. The zero-order valence-electron chi connectivity index (χ0n) is 31.6. The lowest BCUT2D eigenvalue weighted by Crippen LogP contribution is -2.60. The normalized spacial score (nSPS) is 46.7. The molecule has 8 aliphatic rings. The fourth-order valence-electron chi connectivity index (χ4n) is 13.4. The van der Waals surface area contributed by atoms with Crippen molar-refractivity contribution < 1.29 is 50.7 Å². The molecule has 8 fully saturated rings. The second kappa shape index (κ2) is 12.0. The number of halogens is 3. The second-order valence-electron chi connectivity index (χ2n) is 19.3. The van der Waals surface area contributed by atoms with E-state index >= 15 is 0 Å². The van der Waals surface area contributed by atoms with Crippen molar-refractivity contribution in [2.24, 2.45) is 44.8 Å². The lowest BCUT2D eigenvalue weighted by atomic mass is 9.41. The van der Waals surface area contributed by atoms with E-state index in [9.17, 15) is 31.8 Å². The van der Waals surface area contributed by atoms with Crippen molar-refractivity contribution >= 4 is 10.0 Å². The summed E-state index contributed by atoms with van der Waals surface area (Å²) in [4.78, 5) is 2.44. The van der Waals surface area contributed by atoms with E-state index in [0.717, 1.165) is 71.2 Å². The first kappa shape index (κ1) is 38.3. The van der Waals surface area contributed by atoms with Crippen LogP contribution >= 0.6 is 0 Å². The summed E-state index contributed by atoms with van der Waals surface area (Å²) < 4.78 is 91.6. The van der Waals surface area contributed by atoms with E-state index < -0.39 is 38.7 Å². The number of rotatable bonds is 7. The van der Waals surface area contributed by atoms with Crippen LogP contribution in [0.3, 0.4) is 0 Å². The molecule has 3 heterocycles. The lowest BCUT2D eigenvalue weighted by Gasteiger charge is -2.63. The van der Waals surface area contributed by atoms with Gasteiger partial charge in [0.25, 0.3) is 0 Å². The van der Waals surface area contributed by atoms with Crippen molar-refractivity contribution in [2.45, 2.75) is 142 Å². The van der Waals surface area contributed by atoms with Crippen LogP contribution in [-0.2, 0) is 29.0 Å². The van der Waals surface area contributed by atoms with E-state index in [1.807, 2.05) is 6.92 Å². The largest absolute Gasteiger partial charge is 0.511 e. The Morgan fingerprint density at radius 3 is 2.42 bits per heavy atom. The monoisotopic (exact) mass is 759 g/mol. The van der Waals surface area contributed by atoms with Crippen LogP contribution in [0, 0.1) is 63.0 Å². The molecule has 5 saturated carbocycles. The number of aliphatic hydroxyl groups is 2. The first-order chi connectivity index (χ1) is 24.0. The van der Waals surface area contributed by atoms with Crippen LogP contribution in [0.15, 0.2) is 0 Å². The predicted molar refractivity (Wildman–Crippen MR) is 184 cm³/mol. The van der Waals surface area contributed by atoms with Crippen molar-refractivity contribution in [1.29, 1.82) is 0 Å². The van der Waals surface area contributed by atoms with E-state index in [0.29, 0.717) is 24.7 Å². The third-order valence-electron chi connectivity index (χ3n) is 16.1. The minimum absolute atomic E-state index is 0.00134. The van der Waals surface area contributed by atoms with Crippen LogP contribution in [0.4, 0.5) is 13.2 Å². The number of sulfonamides is 1. The highest BCUT2D eigenvalue weighted by molar-refractivity contribution is 7.90. The maximum absolute atomic E-state index is 13.5. The first-order valence-corrected chi connectivity index (χ1v) is 20.9. The lowest BCUT2D eigenvalue weighted by molar-refractivity contribution is -0.252. The van der Waals surface area contributed by atoms with Gasteiger partial charge in [-0.1, -0.05) is 34.6 Å². The van der Waals surface area contributed by atoms with E-state index in [2.05, 4.69) is 32.6 Å². The van der Waals surface area contributed by atoms with Crippen LogP contribution in [0.5, 0.6) is 0 Å². The van der Waals surface area contributed by atoms with E-state index in [1.165, 1.54) is 19.8 Å². The van der Waals surface area contributed by atoms with Crippen LogP contribution < -0.4 is 4.72 Å². The van der Waals surface area contributed by atoms with E-state index in [4.69, 9.17) is 18.9 Å². The number of hydrogen-bond donors (Lipinski definition) is 3. The smallest absolute Gasteiger partial charge is 0.389 e. The Labute approximate surface area is 307 Å². The van der Waals surface area contributed by atoms with Gasteiger partial charge in [0.15, 0.2) is 6.29 Å².